The lowest BCUT2D eigenvalue weighted by Gasteiger charge is -2.25. The van der Waals surface area contributed by atoms with E-state index in [1.165, 1.54) is 11.0 Å². The van der Waals surface area contributed by atoms with Crippen LogP contribution >= 0.6 is 0 Å². The van der Waals surface area contributed by atoms with Gasteiger partial charge in [-0.15, -0.1) is 0 Å². The van der Waals surface area contributed by atoms with Crippen LogP contribution in [-0.2, 0) is 0 Å². The van der Waals surface area contributed by atoms with Crippen LogP contribution in [0.1, 0.15) is 25.8 Å². The van der Waals surface area contributed by atoms with Gasteiger partial charge in [0.15, 0.2) is 0 Å². The summed E-state index contributed by atoms with van der Waals surface area (Å²) < 4.78 is 0. The van der Waals surface area contributed by atoms with Crippen molar-refractivity contribution >= 4 is 36.5 Å². The number of hydrogen-bond acceptors (Lipinski definition) is 2. The molecule has 2 aromatic rings. The molecule has 0 saturated heterocycles. The van der Waals surface area contributed by atoms with E-state index in [-0.39, 0.29) is 5.54 Å². The minimum atomic E-state index is -0.0115. The number of benzene rings is 2. The Morgan fingerprint density at radius 2 is 1.91 bits per heavy atom. The highest BCUT2D eigenvalue weighted by atomic mass is 15.0. The van der Waals surface area contributed by atoms with Crippen LogP contribution in [0.4, 0.5) is 11.4 Å². The van der Waals surface area contributed by atoms with Crippen molar-refractivity contribution in [2.24, 2.45) is 4.99 Å². The molecule has 1 aliphatic rings. The van der Waals surface area contributed by atoms with Crippen molar-refractivity contribution < 1.29 is 0 Å². The van der Waals surface area contributed by atoms with Crippen molar-refractivity contribution in [3.63, 3.8) is 0 Å². The highest BCUT2D eigenvalue weighted by Gasteiger charge is 2.23. The number of nitrogens with one attached hydrogen (secondary N) is 1. The molecule has 0 spiro atoms. The zero-order valence-corrected chi connectivity index (χ0v) is 13.4. The fraction of sp³-hybridized carbons (Fsp3) is 0.211. The van der Waals surface area contributed by atoms with Gasteiger partial charge in [-0.25, -0.2) is 0 Å². The molecule has 2 nitrogen and oxygen atoms in total. The van der Waals surface area contributed by atoms with Gasteiger partial charge in [-0.3, -0.25) is 4.99 Å². The number of rotatable bonds is 2. The molecule has 0 atom stereocenters. The summed E-state index contributed by atoms with van der Waals surface area (Å²) in [5.74, 6) is 0. The second kappa shape index (κ2) is 5.84. The first-order chi connectivity index (χ1) is 10.5. The molecule has 1 aliphatic heterocycles. The van der Waals surface area contributed by atoms with Crippen LogP contribution in [0.5, 0.6) is 0 Å². The molecule has 0 amide bonds. The molecule has 0 radical (unpaired) electrons. The quantitative estimate of drug-likeness (QED) is 0.842. The molecule has 3 rings (SSSR count). The topological polar surface area (TPSA) is 24.4 Å². The summed E-state index contributed by atoms with van der Waals surface area (Å²) in [7, 11) is 2.11. The lowest BCUT2D eigenvalue weighted by molar-refractivity contribution is 0.596. The van der Waals surface area contributed by atoms with Crippen molar-refractivity contribution in [2.45, 2.75) is 25.8 Å². The number of aliphatic imine (C=N–C) groups is 1. The third kappa shape index (κ3) is 3.48. The molecule has 0 bridgehead atoms. The normalized spacial score (nSPS) is 16.5. The maximum absolute atomic E-state index is 4.84. The SMILES string of the molecule is Bc1cccc(/C=C/C2=Nc3ccccc3NC(C)(C)C2)c1. The van der Waals surface area contributed by atoms with Gasteiger partial charge < -0.3 is 5.32 Å². The number of hydrogen-bond donors (Lipinski definition) is 1. The van der Waals surface area contributed by atoms with E-state index in [0.717, 1.165) is 23.5 Å². The smallest absolute Gasteiger partial charge is 0.139 e. The van der Waals surface area contributed by atoms with Gasteiger partial charge in [0.1, 0.15) is 7.85 Å². The average Bonchev–Trinajstić information content (AvgIpc) is 2.59. The maximum atomic E-state index is 4.84. The van der Waals surface area contributed by atoms with Crippen LogP contribution in [0.3, 0.4) is 0 Å². The molecule has 22 heavy (non-hydrogen) atoms. The Kier molecular flexibility index (Phi) is 3.89. The van der Waals surface area contributed by atoms with Gasteiger partial charge in [-0.1, -0.05) is 47.9 Å². The molecule has 0 unspecified atom stereocenters. The zero-order valence-electron chi connectivity index (χ0n) is 13.4. The van der Waals surface area contributed by atoms with Crippen LogP contribution in [0.15, 0.2) is 59.6 Å². The van der Waals surface area contributed by atoms with E-state index >= 15 is 0 Å². The van der Waals surface area contributed by atoms with Crippen LogP contribution < -0.4 is 10.8 Å². The van der Waals surface area contributed by atoms with Gasteiger partial charge in [-0.05, 0) is 37.6 Å². The molecule has 1 heterocycles. The van der Waals surface area contributed by atoms with Crippen molar-refractivity contribution in [1.82, 2.24) is 0 Å². The number of allylic oxidation sites excluding steroid dienone is 1. The molecule has 110 valence electrons. The predicted octanol–water partition coefficient (Wildman–Crippen LogP) is 3.33. The summed E-state index contributed by atoms with van der Waals surface area (Å²) in [5, 5.41) is 3.59. The minimum Gasteiger partial charge on any atom is -0.378 e. The second-order valence-corrected chi connectivity index (χ2v) is 6.55. The Bertz CT molecular complexity index is 745. The molecule has 2 aromatic carbocycles. The first-order valence-electron chi connectivity index (χ1n) is 7.71. The van der Waals surface area contributed by atoms with E-state index < -0.39 is 0 Å². The third-order valence-corrected chi connectivity index (χ3v) is 3.77. The second-order valence-electron chi connectivity index (χ2n) is 6.55. The first-order valence-corrected chi connectivity index (χ1v) is 7.71. The predicted molar refractivity (Wildman–Crippen MR) is 99.5 cm³/mol. The summed E-state index contributed by atoms with van der Waals surface area (Å²) in [5.41, 5.74) is 5.69. The molecule has 3 heteroatoms. The van der Waals surface area contributed by atoms with Crippen LogP contribution in [0, 0.1) is 0 Å². The lowest BCUT2D eigenvalue weighted by Crippen LogP contribution is -2.32. The third-order valence-electron chi connectivity index (χ3n) is 3.77. The summed E-state index contributed by atoms with van der Waals surface area (Å²) in [6, 6.07) is 16.7. The van der Waals surface area contributed by atoms with Gasteiger partial charge in [0.25, 0.3) is 0 Å². The molecule has 1 N–H and O–H groups in total. The van der Waals surface area contributed by atoms with Gasteiger partial charge in [-0.2, -0.15) is 0 Å². The molecule has 0 saturated carbocycles. The van der Waals surface area contributed by atoms with Gasteiger partial charge >= 0.3 is 0 Å². The Labute approximate surface area is 133 Å². The highest BCUT2D eigenvalue weighted by molar-refractivity contribution is 6.32. The molecule has 0 fully saturated rings. The summed E-state index contributed by atoms with van der Waals surface area (Å²) in [4.78, 5) is 4.84. The molecular weight excluding hydrogens is 267 g/mol. The molecule has 0 aliphatic carbocycles. The summed E-state index contributed by atoms with van der Waals surface area (Å²) in [6.07, 6.45) is 5.18. The molecule has 0 aromatic heterocycles. The number of anilines is 1. The highest BCUT2D eigenvalue weighted by Crippen LogP contribution is 2.32. The van der Waals surface area contributed by atoms with E-state index in [0.29, 0.717) is 0 Å². The standard InChI is InChI=1S/C19H21BN2/c1-19(2)13-16(11-10-14-6-5-7-15(20)12-14)21-17-8-3-4-9-18(17)22-19/h3-12,22H,13,20H2,1-2H3/b11-10+. The summed E-state index contributed by atoms with van der Waals surface area (Å²) in [6.45, 7) is 4.43. The number of nitrogens with zero attached hydrogens (tertiary/aromatic N) is 1. The Morgan fingerprint density at radius 1 is 1.09 bits per heavy atom. The van der Waals surface area contributed by atoms with E-state index in [2.05, 4.69) is 75.6 Å². The Morgan fingerprint density at radius 3 is 2.73 bits per heavy atom. The van der Waals surface area contributed by atoms with Crippen LogP contribution in [0.25, 0.3) is 6.08 Å². The van der Waals surface area contributed by atoms with E-state index in [1.54, 1.807) is 0 Å². The minimum absolute atomic E-state index is 0.0115. The van der Waals surface area contributed by atoms with Crippen LogP contribution in [0.2, 0.25) is 0 Å². The lowest BCUT2D eigenvalue weighted by atomic mass is 9.93. The van der Waals surface area contributed by atoms with Crippen molar-refractivity contribution in [2.75, 3.05) is 5.32 Å². The van der Waals surface area contributed by atoms with Crippen molar-refractivity contribution in [3.8, 4) is 0 Å². The molecular formula is C19H21BN2. The van der Waals surface area contributed by atoms with Gasteiger partial charge in [0.2, 0.25) is 0 Å². The monoisotopic (exact) mass is 288 g/mol. The fourth-order valence-electron chi connectivity index (χ4n) is 2.80. The number of fused-ring (bicyclic) bond motifs is 1. The largest absolute Gasteiger partial charge is 0.378 e. The first kappa shape index (κ1) is 14.6. The number of para-hydroxylation sites is 2. The van der Waals surface area contributed by atoms with Crippen LogP contribution in [-0.4, -0.2) is 19.1 Å². The zero-order chi connectivity index (χ0) is 15.6. The van der Waals surface area contributed by atoms with Crippen molar-refractivity contribution in [1.29, 1.82) is 0 Å². The summed E-state index contributed by atoms with van der Waals surface area (Å²) >= 11 is 0. The van der Waals surface area contributed by atoms with Gasteiger partial charge in [0, 0.05) is 17.7 Å². The van der Waals surface area contributed by atoms with E-state index in [1.807, 2.05) is 12.1 Å². The van der Waals surface area contributed by atoms with Gasteiger partial charge in [0.05, 0.1) is 11.4 Å². The van der Waals surface area contributed by atoms with Crippen molar-refractivity contribution in [3.05, 3.63) is 60.2 Å². The van der Waals surface area contributed by atoms with E-state index in [9.17, 15) is 0 Å². The Hall–Kier alpha value is -2.29. The average molecular weight is 288 g/mol. The fourth-order valence-corrected chi connectivity index (χ4v) is 2.80. The van der Waals surface area contributed by atoms with E-state index in [4.69, 9.17) is 4.99 Å². The Balaban J connectivity index is 1.94. The maximum Gasteiger partial charge on any atom is 0.139 e.